The van der Waals surface area contributed by atoms with Crippen LogP contribution in [0.1, 0.15) is 52.4 Å². The lowest BCUT2D eigenvalue weighted by atomic mass is 9.50. The minimum atomic E-state index is 0.123. The van der Waals surface area contributed by atoms with E-state index >= 15 is 0 Å². The number of rotatable bonds is 3. The van der Waals surface area contributed by atoms with Crippen molar-refractivity contribution in [2.75, 3.05) is 6.54 Å². The molecule has 1 amide bonds. The molecule has 0 heterocycles. The monoisotopic (exact) mass is 236 g/mol. The highest BCUT2D eigenvalue weighted by molar-refractivity contribution is 5.74. The van der Waals surface area contributed by atoms with E-state index in [1.54, 1.807) is 6.92 Å². The van der Waals surface area contributed by atoms with Crippen LogP contribution < -0.4 is 10.6 Å². The molecule has 0 spiro atoms. The van der Waals surface area contributed by atoms with Gasteiger partial charge < -0.3 is 10.6 Å². The Labute approximate surface area is 104 Å². The second kappa shape index (κ2) is 3.71. The molecule has 3 nitrogen and oxygen atoms in total. The van der Waals surface area contributed by atoms with Gasteiger partial charge in [-0.25, -0.2) is 0 Å². The van der Waals surface area contributed by atoms with Gasteiger partial charge in [0.1, 0.15) is 0 Å². The van der Waals surface area contributed by atoms with Crippen LogP contribution >= 0.6 is 0 Å². The van der Waals surface area contributed by atoms with E-state index in [1.807, 2.05) is 0 Å². The van der Waals surface area contributed by atoms with Crippen LogP contribution in [0.3, 0.4) is 0 Å². The third-order valence-electron chi connectivity index (χ3n) is 5.05. The van der Waals surface area contributed by atoms with Gasteiger partial charge in [0.25, 0.3) is 0 Å². The van der Waals surface area contributed by atoms with Gasteiger partial charge in [-0.2, -0.15) is 0 Å². The summed E-state index contributed by atoms with van der Waals surface area (Å²) in [4.78, 5) is 11.5. The van der Waals surface area contributed by atoms with Crippen molar-refractivity contribution in [3.63, 3.8) is 0 Å². The molecule has 17 heavy (non-hydrogen) atoms. The van der Waals surface area contributed by atoms with Crippen LogP contribution in [0.2, 0.25) is 0 Å². The number of nitrogens with one attached hydrogen (secondary N) is 2. The molecule has 3 heteroatoms. The van der Waals surface area contributed by atoms with Crippen molar-refractivity contribution in [2.24, 2.45) is 11.8 Å². The van der Waals surface area contributed by atoms with Gasteiger partial charge >= 0.3 is 0 Å². The molecule has 96 valence electrons. The van der Waals surface area contributed by atoms with E-state index in [4.69, 9.17) is 0 Å². The Kier molecular flexibility index (Phi) is 2.51. The van der Waals surface area contributed by atoms with Crippen molar-refractivity contribution in [1.29, 1.82) is 0 Å². The lowest BCUT2D eigenvalue weighted by Gasteiger charge is -2.62. The first kappa shape index (κ1) is 11.5. The Morgan fingerprint density at radius 1 is 1.18 bits per heavy atom. The third-order valence-corrected chi connectivity index (χ3v) is 5.05. The number of carbonyl (C=O) groups excluding carboxylic acids is 1. The molecule has 2 N–H and O–H groups in total. The molecule has 4 aliphatic carbocycles. The number of hydrogen-bond donors (Lipinski definition) is 2. The Hall–Kier alpha value is -0.570. The smallest absolute Gasteiger partial charge is 0.217 e. The first-order valence-corrected chi connectivity index (χ1v) is 7.09. The van der Waals surface area contributed by atoms with Gasteiger partial charge in [-0.05, 0) is 56.9 Å². The predicted octanol–water partition coefficient (Wildman–Crippen LogP) is 1.82. The van der Waals surface area contributed by atoms with E-state index in [-0.39, 0.29) is 11.4 Å². The highest BCUT2D eigenvalue weighted by atomic mass is 16.1. The van der Waals surface area contributed by atoms with E-state index in [2.05, 4.69) is 17.6 Å². The maximum Gasteiger partial charge on any atom is 0.217 e. The largest absolute Gasteiger partial charge is 0.351 e. The van der Waals surface area contributed by atoms with Crippen LogP contribution in [0, 0.1) is 11.8 Å². The topological polar surface area (TPSA) is 41.1 Å². The molecular weight excluding hydrogens is 212 g/mol. The van der Waals surface area contributed by atoms with Gasteiger partial charge in [-0.15, -0.1) is 0 Å². The van der Waals surface area contributed by atoms with Crippen molar-refractivity contribution in [2.45, 2.75) is 63.5 Å². The molecular formula is C14H24N2O. The normalized spacial score (nSPS) is 47.2. The molecule has 0 saturated heterocycles. The summed E-state index contributed by atoms with van der Waals surface area (Å²) >= 11 is 0. The van der Waals surface area contributed by atoms with E-state index < -0.39 is 0 Å². The van der Waals surface area contributed by atoms with E-state index in [1.165, 1.54) is 32.1 Å². The van der Waals surface area contributed by atoms with Crippen LogP contribution in [0.15, 0.2) is 0 Å². The van der Waals surface area contributed by atoms with Gasteiger partial charge in [0.05, 0.1) is 0 Å². The van der Waals surface area contributed by atoms with Gasteiger partial charge in [-0.3, -0.25) is 4.79 Å². The summed E-state index contributed by atoms with van der Waals surface area (Å²) in [5.74, 6) is 1.82. The highest BCUT2D eigenvalue weighted by Crippen LogP contribution is 2.57. The van der Waals surface area contributed by atoms with Crippen molar-refractivity contribution < 1.29 is 4.79 Å². The van der Waals surface area contributed by atoms with Crippen molar-refractivity contribution in [1.82, 2.24) is 10.6 Å². The minimum absolute atomic E-state index is 0.123. The molecule has 4 aliphatic rings. The highest BCUT2D eigenvalue weighted by Gasteiger charge is 2.57. The lowest BCUT2D eigenvalue weighted by molar-refractivity contribution is -0.126. The summed E-state index contributed by atoms with van der Waals surface area (Å²) in [7, 11) is 0. The molecule has 0 aromatic rings. The van der Waals surface area contributed by atoms with Gasteiger partial charge in [-0.1, -0.05) is 6.92 Å². The molecule has 4 fully saturated rings. The average molecular weight is 236 g/mol. The number of carbonyl (C=O) groups is 1. The zero-order chi connectivity index (χ0) is 12.1. The van der Waals surface area contributed by atoms with Crippen molar-refractivity contribution >= 4 is 5.91 Å². The minimum Gasteiger partial charge on any atom is -0.351 e. The van der Waals surface area contributed by atoms with Crippen molar-refractivity contribution in [3.8, 4) is 0 Å². The molecule has 0 radical (unpaired) electrons. The third kappa shape index (κ3) is 1.88. The maximum absolute atomic E-state index is 11.5. The van der Waals surface area contributed by atoms with Gasteiger partial charge in [0, 0.05) is 18.0 Å². The summed E-state index contributed by atoms with van der Waals surface area (Å²) in [5, 5.41) is 7.03. The summed E-state index contributed by atoms with van der Waals surface area (Å²) in [6.07, 6.45) is 7.65. The molecule has 0 aliphatic heterocycles. The van der Waals surface area contributed by atoms with Crippen LogP contribution in [0.4, 0.5) is 0 Å². The molecule has 4 bridgehead atoms. The molecule has 2 unspecified atom stereocenters. The van der Waals surface area contributed by atoms with E-state index in [0.717, 1.165) is 24.8 Å². The lowest BCUT2D eigenvalue weighted by Crippen LogP contribution is -2.69. The second-order valence-corrected chi connectivity index (χ2v) is 6.73. The Morgan fingerprint density at radius 3 is 2.29 bits per heavy atom. The van der Waals surface area contributed by atoms with E-state index in [9.17, 15) is 4.79 Å². The predicted molar refractivity (Wildman–Crippen MR) is 67.6 cm³/mol. The van der Waals surface area contributed by atoms with Crippen molar-refractivity contribution in [3.05, 3.63) is 0 Å². The average Bonchev–Trinajstić information content (AvgIpc) is 2.11. The van der Waals surface area contributed by atoms with Gasteiger partial charge in [0.2, 0.25) is 5.91 Å². The summed E-state index contributed by atoms with van der Waals surface area (Å²) < 4.78 is 0. The molecule has 0 aromatic carbocycles. The Balaban J connectivity index is 1.86. The Bertz CT molecular complexity index is 325. The van der Waals surface area contributed by atoms with Crippen LogP contribution in [0.5, 0.6) is 0 Å². The van der Waals surface area contributed by atoms with Crippen LogP contribution in [0.25, 0.3) is 0 Å². The number of amides is 1. The standard InChI is InChI=1S/C14H24N2O/c1-3-15-13-5-11-4-12(6-13)8-14(7-11,9-13)16-10(2)17/h11-12,15H,3-9H2,1-2H3,(H,16,17). The zero-order valence-electron chi connectivity index (χ0n) is 11.0. The fourth-order valence-electron chi connectivity index (χ4n) is 5.36. The summed E-state index contributed by atoms with van der Waals surface area (Å²) in [6.45, 7) is 4.91. The quantitative estimate of drug-likeness (QED) is 0.785. The van der Waals surface area contributed by atoms with Crippen LogP contribution in [-0.2, 0) is 4.79 Å². The first-order valence-electron chi connectivity index (χ1n) is 7.09. The SMILES string of the molecule is CCNC12CC3CC(C1)CC(NC(C)=O)(C3)C2. The molecule has 4 rings (SSSR count). The zero-order valence-corrected chi connectivity index (χ0v) is 11.0. The summed E-state index contributed by atoms with van der Waals surface area (Å²) in [5.41, 5.74) is 0.458. The molecule has 2 atom stereocenters. The van der Waals surface area contributed by atoms with E-state index in [0.29, 0.717) is 5.54 Å². The Morgan fingerprint density at radius 2 is 1.76 bits per heavy atom. The number of hydrogen-bond acceptors (Lipinski definition) is 2. The van der Waals surface area contributed by atoms with Gasteiger partial charge in [0.15, 0.2) is 0 Å². The first-order chi connectivity index (χ1) is 8.05. The fourth-order valence-corrected chi connectivity index (χ4v) is 5.36. The molecule has 0 aromatic heterocycles. The second-order valence-electron chi connectivity index (χ2n) is 6.73. The van der Waals surface area contributed by atoms with Crippen LogP contribution in [-0.4, -0.2) is 23.5 Å². The maximum atomic E-state index is 11.5. The summed E-state index contributed by atoms with van der Waals surface area (Å²) in [6, 6.07) is 0. The fraction of sp³-hybridized carbons (Fsp3) is 0.929. The molecule has 4 saturated carbocycles.